The SMILES string of the molecule is CC(C)N1CCC(Oc2cc3c(cc2C2CCOCC2)CC(C(=O)/C(C#N)=C/N(C)C)=C3)CC1. The molecule has 182 valence electrons. The first-order chi connectivity index (χ1) is 16.4. The Morgan fingerprint density at radius 1 is 1.21 bits per heavy atom. The van der Waals surface area contributed by atoms with Gasteiger partial charge in [-0.2, -0.15) is 5.26 Å². The number of fused-ring (bicyclic) bond motifs is 1. The van der Waals surface area contributed by atoms with Gasteiger partial charge in [-0.1, -0.05) is 6.07 Å². The van der Waals surface area contributed by atoms with Gasteiger partial charge in [-0.25, -0.2) is 0 Å². The molecule has 34 heavy (non-hydrogen) atoms. The molecule has 0 radical (unpaired) electrons. The zero-order chi connectivity index (χ0) is 24.2. The average Bonchev–Trinajstić information content (AvgIpc) is 3.25. The van der Waals surface area contributed by atoms with E-state index in [1.54, 1.807) is 11.1 Å². The van der Waals surface area contributed by atoms with E-state index in [1.165, 1.54) is 5.56 Å². The number of nitriles is 1. The molecule has 1 aliphatic carbocycles. The zero-order valence-corrected chi connectivity index (χ0v) is 21.0. The molecule has 0 spiro atoms. The van der Waals surface area contributed by atoms with Crippen LogP contribution in [0.25, 0.3) is 6.08 Å². The van der Waals surface area contributed by atoms with Gasteiger partial charge in [0.25, 0.3) is 0 Å². The predicted molar refractivity (Wildman–Crippen MR) is 134 cm³/mol. The Morgan fingerprint density at radius 2 is 1.91 bits per heavy atom. The average molecular weight is 464 g/mol. The minimum atomic E-state index is -0.191. The van der Waals surface area contributed by atoms with Crippen LogP contribution in [-0.4, -0.2) is 68.1 Å². The monoisotopic (exact) mass is 463 g/mol. The second-order valence-electron chi connectivity index (χ2n) is 10.2. The lowest BCUT2D eigenvalue weighted by molar-refractivity contribution is -0.111. The van der Waals surface area contributed by atoms with E-state index in [2.05, 4.69) is 36.9 Å². The number of carbonyl (C=O) groups excluding carboxylic acids is 1. The summed E-state index contributed by atoms with van der Waals surface area (Å²) in [7, 11) is 3.63. The first-order valence-corrected chi connectivity index (χ1v) is 12.5. The molecule has 0 bridgehead atoms. The number of likely N-dealkylation sites (tertiary alicyclic amines) is 1. The number of hydrogen-bond donors (Lipinski definition) is 0. The van der Waals surface area contributed by atoms with Crippen LogP contribution in [0.2, 0.25) is 0 Å². The van der Waals surface area contributed by atoms with E-state index in [0.717, 1.165) is 68.9 Å². The third kappa shape index (κ3) is 5.54. The molecule has 0 atom stereocenters. The molecule has 0 aromatic heterocycles. The van der Waals surface area contributed by atoms with Crippen LogP contribution in [0.3, 0.4) is 0 Å². The molecule has 0 amide bonds. The maximum absolute atomic E-state index is 13.0. The minimum Gasteiger partial charge on any atom is -0.490 e. The number of benzene rings is 1. The lowest BCUT2D eigenvalue weighted by Crippen LogP contribution is -2.41. The highest BCUT2D eigenvalue weighted by atomic mass is 16.5. The fourth-order valence-corrected chi connectivity index (χ4v) is 5.23. The molecule has 0 N–H and O–H groups in total. The third-order valence-electron chi connectivity index (χ3n) is 7.19. The standard InChI is InChI=1S/C28H37N3O3/c1-19(2)31-9-5-25(6-10-31)34-27-16-22-14-23(28(32)24(17-29)18-30(3)4)13-21(22)15-26(27)20-7-11-33-12-8-20/h14-16,18-20,25H,5-13H2,1-4H3/b24-18+. The second-order valence-corrected chi connectivity index (χ2v) is 10.2. The second kappa shape index (κ2) is 10.8. The van der Waals surface area contributed by atoms with E-state index >= 15 is 0 Å². The summed E-state index contributed by atoms with van der Waals surface area (Å²) in [4.78, 5) is 17.3. The molecule has 0 saturated carbocycles. The van der Waals surface area contributed by atoms with Gasteiger partial charge >= 0.3 is 0 Å². The molecule has 4 rings (SSSR count). The summed E-state index contributed by atoms with van der Waals surface area (Å²) in [5.41, 5.74) is 4.27. The molecule has 3 aliphatic rings. The molecule has 2 heterocycles. The molecule has 2 fully saturated rings. The molecular formula is C28H37N3O3. The molecule has 0 unspecified atom stereocenters. The summed E-state index contributed by atoms with van der Waals surface area (Å²) in [6, 6.07) is 7.02. The van der Waals surface area contributed by atoms with Crippen LogP contribution in [0.1, 0.15) is 62.1 Å². The van der Waals surface area contributed by atoms with Crippen molar-refractivity contribution in [1.82, 2.24) is 9.80 Å². The van der Waals surface area contributed by atoms with Gasteiger partial charge in [-0.15, -0.1) is 0 Å². The van der Waals surface area contributed by atoms with E-state index < -0.39 is 0 Å². The summed E-state index contributed by atoms with van der Waals surface area (Å²) in [6.45, 7) is 8.18. The Balaban J connectivity index is 1.59. The molecule has 1 aromatic rings. The maximum Gasteiger partial charge on any atom is 0.201 e. The van der Waals surface area contributed by atoms with Gasteiger partial charge in [0.15, 0.2) is 0 Å². The van der Waals surface area contributed by atoms with E-state index in [9.17, 15) is 10.1 Å². The highest BCUT2D eigenvalue weighted by molar-refractivity contribution is 6.14. The van der Waals surface area contributed by atoms with Gasteiger partial charge in [-0.3, -0.25) is 4.79 Å². The lowest BCUT2D eigenvalue weighted by Gasteiger charge is -2.35. The number of piperidine rings is 1. The van der Waals surface area contributed by atoms with Crippen molar-refractivity contribution in [3.63, 3.8) is 0 Å². The Morgan fingerprint density at radius 3 is 2.53 bits per heavy atom. The summed E-state index contributed by atoms with van der Waals surface area (Å²) in [5.74, 6) is 1.18. The van der Waals surface area contributed by atoms with Crippen molar-refractivity contribution in [2.24, 2.45) is 0 Å². The Kier molecular flexibility index (Phi) is 7.75. The van der Waals surface area contributed by atoms with Crippen molar-refractivity contribution in [2.45, 2.75) is 64.0 Å². The maximum atomic E-state index is 13.0. The summed E-state index contributed by atoms with van der Waals surface area (Å²) in [5, 5.41) is 9.49. The van der Waals surface area contributed by atoms with Gasteiger partial charge in [0.1, 0.15) is 23.5 Å². The van der Waals surface area contributed by atoms with E-state index in [4.69, 9.17) is 9.47 Å². The van der Waals surface area contributed by atoms with Crippen molar-refractivity contribution in [3.8, 4) is 11.8 Å². The van der Waals surface area contributed by atoms with Gasteiger partial charge in [0.2, 0.25) is 5.78 Å². The number of hydrogen-bond acceptors (Lipinski definition) is 6. The molecule has 2 aliphatic heterocycles. The zero-order valence-electron chi connectivity index (χ0n) is 21.0. The lowest BCUT2D eigenvalue weighted by atomic mass is 9.88. The highest BCUT2D eigenvalue weighted by Crippen LogP contribution is 2.40. The van der Waals surface area contributed by atoms with Crippen LogP contribution in [0.5, 0.6) is 5.75 Å². The van der Waals surface area contributed by atoms with Crippen molar-refractivity contribution in [1.29, 1.82) is 5.26 Å². The van der Waals surface area contributed by atoms with Crippen molar-refractivity contribution in [3.05, 3.63) is 46.2 Å². The van der Waals surface area contributed by atoms with Crippen LogP contribution in [-0.2, 0) is 16.0 Å². The van der Waals surface area contributed by atoms with Gasteiger partial charge in [-0.05, 0) is 74.3 Å². The predicted octanol–water partition coefficient (Wildman–Crippen LogP) is 4.31. The van der Waals surface area contributed by atoms with E-state index in [-0.39, 0.29) is 17.5 Å². The Hall–Kier alpha value is -2.62. The largest absolute Gasteiger partial charge is 0.490 e. The van der Waals surface area contributed by atoms with Gasteiger partial charge in [0, 0.05) is 64.6 Å². The number of nitrogens with zero attached hydrogens (tertiary/aromatic N) is 3. The number of Topliss-reactive ketones (excluding diaryl/α,β-unsaturated/α-hetero) is 1. The Bertz CT molecular complexity index is 1000. The van der Waals surface area contributed by atoms with E-state index in [0.29, 0.717) is 24.0 Å². The van der Waals surface area contributed by atoms with Crippen LogP contribution in [0.4, 0.5) is 0 Å². The number of allylic oxidation sites excluding steroid dienone is 2. The van der Waals surface area contributed by atoms with Gasteiger partial charge in [0.05, 0.1) is 0 Å². The first kappa shape index (κ1) is 24.5. The highest BCUT2D eigenvalue weighted by Gasteiger charge is 2.29. The van der Waals surface area contributed by atoms with Crippen LogP contribution < -0.4 is 4.74 Å². The molecule has 2 saturated heterocycles. The topological polar surface area (TPSA) is 65.8 Å². The molecular weight excluding hydrogens is 426 g/mol. The normalized spacial score (nSPS) is 20.1. The number of ether oxygens (including phenoxy) is 2. The first-order valence-electron chi connectivity index (χ1n) is 12.5. The number of ketones is 1. The van der Waals surface area contributed by atoms with Crippen LogP contribution >= 0.6 is 0 Å². The summed E-state index contributed by atoms with van der Waals surface area (Å²) in [6.07, 6.45) is 8.36. The summed E-state index contributed by atoms with van der Waals surface area (Å²) < 4.78 is 12.3. The molecule has 6 nitrogen and oxygen atoms in total. The smallest absolute Gasteiger partial charge is 0.201 e. The Labute approximate surface area is 203 Å². The number of rotatable bonds is 7. The quantitative estimate of drug-likeness (QED) is 0.443. The number of carbonyl (C=O) groups is 1. The van der Waals surface area contributed by atoms with Crippen molar-refractivity contribution < 1.29 is 14.3 Å². The molecule has 1 aromatic carbocycles. The van der Waals surface area contributed by atoms with Crippen LogP contribution in [0, 0.1) is 11.3 Å². The van der Waals surface area contributed by atoms with Crippen molar-refractivity contribution >= 4 is 11.9 Å². The van der Waals surface area contributed by atoms with Gasteiger partial charge < -0.3 is 19.3 Å². The third-order valence-corrected chi connectivity index (χ3v) is 7.19. The van der Waals surface area contributed by atoms with E-state index in [1.807, 2.05) is 20.2 Å². The fourth-order valence-electron chi connectivity index (χ4n) is 5.23. The van der Waals surface area contributed by atoms with Crippen molar-refractivity contribution in [2.75, 3.05) is 40.4 Å². The van der Waals surface area contributed by atoms with Crippen LogP contribution in [0.15, 0.2) is 29.5 Å². The minimum absolute atomic E-state index is 0.169. The fraction of sp³-hybridized carbons (Fsp3) is 0.571. The summed E-state index contributed by atoms with van der Waals surface area (Å²) >= 11 is 0. The molecule has 6 heteroatoms.